The van der Waals surface area contributed by atoms with Gasteiger partial charge < -0.3 is 5.11 Å². The quantitative estimate of drug-likeness (QED) is 0.778. The van der Waals surface area contributed by atoms with Gasteiger partial charge >= 0.3 is 5.97 Å². The molecule has 0 aliphatic carbocycles. The number of carboxylic acid groups (broad SMARTS) is 1. The van der Waals surface area contributed by atoms with Crippen molar-refractivity contribution in [1.82, 2.24) is 8.61 Å². The SMILES string of the molecule is CCCCN(C)S(=O)(=O)N1CCC(C(=O)O)CC1. The molecule has 0 aromatic rings. The molecule has 0 atom stereocenters. The number of aliphatic carboxylic acids is 1. The monoisotopic (exact) mass is 278 g/mol. The zero-order valence-electron chi connectivity index (χ0n) is 11.0. The van der Waals surface area contributed by atoms with Gasteiger partial charge in [-0.1, -0.05) is 13.3 Å². The van der Waals surface area contributed by atoms with E-state index < -0.39 is 22.1 Å². The number of piperidine rings is 1. The van der Waals surface area contributed by atoms with E-state index in [2.05, 4.69) is 0 Å². The van der Waals surface area contributed by atoms with E-state index in [-0.39, 0.29) is 0 Å². The van der Waals surface area contributed by atoms with E-state index in [9.17, 15) is 13.2 Å². The summed E-state index contributed by atoms with van der Waals surface area (Å²) in [7, 11) is -1.83. The van der Waals surface area contributed by atoms with Crippen molar-refractivity contribution < 1.29 is 18.3 Å². The van der Waals surface area contributed by atoms with Crippen LogP contribution >= 0.6 is 0 Å². The maximum absolute atomic E-state index is 12.2. The number of unbranched alkanes of at least 4 members (excludes halogenated alkanes) is 1. The van der Waals surface area contributed by atoms with Crippen molar-refractivity contribution in [1.29, 1.82) is 0 Å². The lowest BCUT2D eigenvalue weighted by atomic mass is 9.99. The van der Waals surface area contributed by atoms with Crippen LogP contribution in [0.5, 0.6) is 0 Å². The van der Waals surface area contributed by atoms with E-state index in [1.54, 1.807) is 7.05 Å². The van der Waals surface area contributed by atoms with Crippen molar-refractivity contribution in [2.45, 2.75) is 32.6 Å². The molecule has 0 unspecified atom stereocenters. The summed E-state index contributed by atoms with van der Waals surface area (Å²) < 4.78 is 27.1. The Balaban J connectivity index is 2.57. The highest BCUT2D eigenvalue weighted by Gasteiger charge is 2.32. The van der Waals surface area contributed by atoms with Gasteiger partial charge in [0.2, 0.25) is 0 Å². The minimum atomic E-state index is -3.41. The van der Waals surface area contributed by atoms with Crippen LogP contribution in [0.4, 0.5) is 0 Å². The lowest BCUT2D eigenvalue weighted by Crippen LogP contribution is -2.46. The topological polar surface area (TPSA) is 77.9 Å². The number of hydrogen-bond donors (Lipinski definition) is 1. The summed E-state index contributed by atoms with van der Waals surface area (Å²) in [4.78, 5) is 10.8. The van der Waals surface area contributed by atoms with Crippen molar-refractivity contribution in [3.8, 4) is 0 Å². The third-order valence-electron chi connectivity index (χ3n) is 3.35. The van der Waals surface area contributed by atoms with Gasteiger partial charge in [-0.3, -0.25) is 4.79 Å². The van der Waals surface area contributed by atoms with E-state index >= 15 is 0 Å². The van der Waals surface area contributed by atoms with Crippen LogP contribution in [0.2, 0.25) is 0 Å². The van der Waals surface area contributed by atoms with Crippen LogP contribution in [0.1, 0.15) is 32.6 Å². The fraction of sp³-hybridized carbons (Fsp3) is 0.909. The number of carboxylic acids is 1. The zero-order valence-corrected chi connectivity index (χ0v) is 11.8. The second-order valence-corrected chi connectivity index (χ2v) is 6.73. The molecule has 106 valence electrons. The van der Waals surface area contributed by atoms with Gasteiger partial charge in [0, 0.05) is 26.7 Å². The van der Waals surface area contributed by atoms with Crippen LogP contribution in [0.25, 0.3) is 0 Å². The number of carbonyl (C=O) groups is 1. The molecule has 0 aromatic heterocycles. The molecule has 1 aliphatic heterocycles. The van der Waals surface area contributed by atoms with E-state index in [4.69, 9.17) is 5.11 Å². The van der Waals surface area contributed by atoms with Crippen LogP contribution in [0, 0.1) is 5.92 Å². The molecule has 0 spiro atoms. The van der Waals surface area contributed by atoms with Gasteiger partial charge in [-0.05, 0) is 19.3 Å². The van der Waals surface area contributed by atoms with E-state index in [1.165, 1.54) is 8.61 Å². The average Bonchev–Trinajstić information content (AvgIpc) is 2.35. The Kier molecular flexibility index (Phi) is 5.55. The Bertz CT molecular complexity index is 375. The highest BCUT2D eigenvalue weighted by molar-refractivity contribution is 7.86. The standard InChI is InChI=1S/C11H22N2O4S/c1-3-4-7-12(2)18(16,17)13-8-5-10(6-9-13)11(14)15/h10H,3-9H2,1-2H3,(H,14,15). The summed E-state index contributed by atoms with van der Waals surface area (Å²) in [5.41, 5.74) is 0. The summed E-state index contributed by atoms with van der Waals surface area (Å²) >= 11 is 0. The summed E-state index contributed by atoms with van der Waals surface area (Å²) in [5.74, 6) is -1.23. The van der Waals surface area contributed by atoms with E-state index in [0.29, 0.717) is 32.5 Å². The van der Waals surface area contributed by atoms with Crippen LogP contribution in [0.3, 0.4) is 0 Å². The molecule has 6 nitrogen and oxygen atoms in total. The smallest absolute Gasteiger partial charge is 0.306 e. The van der Waals surface area contributed by atoms with Crippen LogP contribution < -0.4 is 0 Å². The van der Waals surface area contributed by atoms with Gasteiger partial charge in [0.15, 0.2) is 0 Å². The van der Waals surface area contributed by atoms with Gasteiger partial charge in [0.25, 0.3) is 10.2 Å². The first kappa shape index (κ1) is 15.4. The molecule has 1 aliphatic rings. The Morgan fingerprint density at radius 2 is 1.94 bits per heavy atom. The highest BCUT2D eigenvalue weighted by Crippen LogP contribution is 2.21. The van der Waals surface area contributed by atoms with Crippen LogP contribution in [-0.2, 0) is 15.0 Å². The second-order valence-electron chi connectivity index (χ2n) is 4.69. The summed E-state index contributed by atoms with van der Waals surface area (Å²) in [6.07, 6.45) is 2.58. The number of hydrogen-bond acceptors (Lipinski definition) is 3. The normalized spacial score (nSPS) is 19.3. The Morgan fingerprint density at radius 3 is 2.39 bits per heavy atom. The third-order valence-corrected chi connectivity index (χ3v) is 5.34. The first-order valence-corrected chi connectivity index (χ1v) is 7.73. The molecule has 1 heterocycles. The van der Waals surface area contributed by atoms with Gasteiger partial charge in [-0.2, -0.15) is 17.0 Å². The summed E-state index contributed by atoms with van der Waals surface area (Å²) in [6, 6.07) is 0. The maximum atomic E-state index is 12.2. The highest BCUT2D eigenvalue weighted by atomic mass is 32.2. The van der Waals surface area contributed by atoms with Crippen molar-refractivity contribution in [2.75, 3.05) is 26.7 Å². The average molecular weight is 278 g/mol. The molecule has 1 N–H and O–H groups in total. The molecule has 1 saturated heterocycles. The molecule has 0 bridgehead atoms. The lowest BCUT2D eigenvalue weighted by molar-refractivity contribution is -0.142. The fourth-order valence-corrected chi connectivity index (χ4v) is 3.45. The van der Waals surface area contributed by atoms with Crippen molar-refractivity contribution in [3.05, 3.63) is 0 Å². The molecule has 7 heteroatoms. The largest absolute Gasteiger partial charge is 0.481 e. The van der Waals surface area contributed by atoms with Crippen molar-refractivity contribution >= 4 is 16.2 Å². The molecular formula is C11H22N2O4S. The molecule has 0 radical (unpaired) electrons. The van der Waals surface area contributed by atoms with Crippen LogP contribution in [-0.4, -0.2) is 54.8 Å². The zero-order chi connectivity index (χ0) is 13.8. The minimum Gasteiger partial charge on any atom is -0.481 e. The van der Waals surface area contributed by atoms with Gasteiger partial charge in [0.05, 0.1) is 5.92 Å². The second kappa shape index (κ2) is 6.49. The summed E-state index contributed by atoms with van der Waals surface area (Å²) in [6.45, 7) is 3.13. The molecule has 1 rings (SSSR count). The van der Waals surface area contributed by atoms with Crippen molar-refractivity contribution in [3.63, 3.8) is 0 Å². The molecule has 0 saturated carbocycles. The molecule has 0 amide bonds. The van der Waals surface area contributed by atoms with Gasteiger partial charge in [0.1, 0.15) is 0 Å². The van der Waals surface area contributed by atoms with Gasteiger partial charge in [-0.15, -0.1) is 0 Å². The van der Waals surface area contributed by atoms with Crippen molar-refractivity contribution in [2.24, 2.45) is 5.92 Å². The Morgan fingerprint density at radius 1 is 1.39 bits per heavy atom. The third kappa shape index (κ3) is 3.66. The lowest BCUT2D eigenvalue weighted by Gasteiger charge is -2.32. The maximum Gasteiger partial charge on any atom is 0.306 e. The molecule has 0 aromatic carbocycles. The minimum absolute atomic E-state index is 0.301. The van der Waals surface area contributed by atoms with Gasteiger partial charge in [-0.25, -0.2) is 0 Å². The van der Waals surface area contributed by atoms with Crippen LogP contribution in [0.15, 0.2) is 0 Å². The number of nitrogens with zero attached hydrogens (tertiary/aromatic N) is 2. The summed E-state index contributed by atoms with van der Waals surface area (Å²) in [5, 5.41) is 8.87. The van der Waals surface area contributed by atoms with E-state index in [0.717, 1.165) is 12.8 Å². The van der Waals surface area contributed by atoms with E-state index in [1.807, 2.05) is 6.92 Å². The Hall–Kier alpha value is -0.660. The Labute approximate surface area is 109 Å². The molecular weight excluding hydrogens is 256 g/mol. The first-order valence-electron chi connectivity index (χ1n) is 6.33. The predicted molar refractivity (Wildman–Crippen MR) is 68.4 cm³/mol. The fourth-order valence-electron chi connectivity index (χ4n) is 2.03. The first-order chi connectivity index (χ1) is 8.39. The number of rotatable bonds is 6. The molecule has 18 heavy (non-hydrogen) atoms. The molecule has 1 fully saturated rings. The predicted octanol–water partition coefficient (Wildman–Crippen LogP) is 0.760.